The second-order valence-corrected chi connectivity index (χ2v) is 6.92. The summed E-state index contributed by atoms with van der Waals surface area (Å²) in [4.78, 5) is 10.8. The maximum atomic E-state index is 12.1. The molecule has 0 unspecified atom stereocenters. The molecule has 0 bridgehead atoms. The Kier molecular flexibility index (Phi) is 4.01. The van der Waals surface area contributed by atoms with Crippen molar-refractivity contribution < 1.29 is 18.3 Å². The van der Waals surface area contributed by atoms with Crippen molar-refractivity contribution in [3.8, 4) is 0 Å². The summed E-state index contributed by atoms with van der Waals surface area (Å²) < 4.78 is 26.6. The molecule has 0 amide bonds. The van der Waals surface area contributed by atoms with Crippen molar-refractivity contribution >= 4 is 33.3 Å². The number of aromatic carboxylic acids is 1. The van der Waals surface area contributed by atoms with E-state index in [1.807, 2.05) is 0 Å². The van der Waals surface area contributed by atoms with Crippen LogP contribution in [0.15, 0.2) is 18.2 Å². The number of carboxylic acid groups (broad SMARTS) is 1. The Labute approximate surface area is 116 Å². The highest BCUT2D eigenvalue weighted by atomic mass is 35.5. The van der Waals surface area contributed by atoms with Crippen LogP contribution in [0.4, 0.5) is 5.69 Å². The number of sulfonamides is 1. The van der Waals surface area contributed by atoms with Crippen LogP contribution in [0.25, 0.3) is 0 Å². The normalized spacial score (nSPS) is 16.5. The van der Waals surface area contributed by atoms with E-state index in [0.29, 0.717) is 18.5 Å². The molecule has 0 saturated heterocycles. The van der Waals surface area contributed by atoms with E-state index in [4.69, 9.17) is 16.7 Å². The van der Waals surface area contributed by atoms with Crippen molar-refractivity contribution in [3.63, 3.8) is 0 Å². The molecule has 7 heteroatoms. The lowest BCUT2D eigenvalue weighted by atomic mass is 10.2. The molecule has 5 nitrogen and oxygen atoms in total. The number of nitrogens with one attached hydrogen (secondary N) is 1. The fourth-order valence-corrected chi connectivity index (χ4v) is 4.04. The van der Waals surface area contributed by atoms with Crippen LogP contribution in [-0.2, 0) is 10.0 Å². The highest BCUT2D eigenvalue weighted by Crippen LogP contribution is 2.27. The third kappa shape index (κ3) is 3.19. The maximum Gasteiger partial charge on any atom is 0.337 e. The molecule has 2 rings (SSSR count). The van der Waals surface area contributed by atoms with Gasteiger partial charge in [-0.05, 0) is 31.0 Å². The fourth-order valence-electron chi connectivity index (χ4n) is 2.20. The first-order valence-electron chi connectivity index (χ1n) is 5.94. The number of hydrogen-bond donors (Lipinski definition) is 2. The van der Waals surface area contributed by atoms with E-state index in [0.717, 1.165) is 12.8 Å². The summed E-state index contributed by atoms with van der Waals surface area (Å²) in [5, 5.41) is 8.48. The first kappa shape index (κ1) is 14.1. The van der Waals surface area contributed by atoms with E-state index in [9.17, 15) is 13.2 Å². The molecule has 0 radical (unpaired) electrons. The van der Waals surface area contributed by atoms with Gasteiger partial charge in [-0.1, -0.05) is 24.4 Å². The number of hydrogen-bond acceptors (Lipinski definition) is 3. The Hall–Kier alpha value is -1.27. The van der Waals surface area contributed by atoms with Gasteiger partial charge < -0.3 is 5.11 Å². The molecular weight excluding hydrogens is 290 g/mol. The molecule has 1 aliphatic rings. The zero-order chi connectivity index (χ0) is 14.0. The SMILES string of the molecule is O=C(O)c1ccc(NS(=O)(=O)C2CCCC2)cc1Cl. The number of carboxylic acids is 1. The van der Waals surface area contributed by atoms with E-state index in [2.05, 4.69) is 4.72 Å². The molecule has 0 spiro atoms. The largest absolute Gasteiger partial charge is 0.478 e. The van der Waals surface area contributed by atoms with E-state index in [1.165, 1.54) is 18.2 Å². The van der Waals surface area contributed by atoms with E-state index >= 15 is 0 Å². The topological polar surface area (TPSA) is 83.5 Å². The first-order valence-corrected chi connectivity index (χ1v) is 7.87. The van der Waals surface area contributed by atoms with Gasteiger partial charge in [0, 0.05) is 0 Å². The van der Waals surface area contributed by atoms with Gasteiger partial charge in [-0.3, -0.25) is 4.72 Å². The molecule has 1 aromatic carbocycles. The maximum absolute atomic E-state index is 12.1. The molecule has 1 aliphatic carbocycles. The third-order valence-electron chi connectivity index (χ3n) is 3.20. The monoisotopic (exact) mass is 303 g/mol. The number of carbonyl (C=O) groups is 1. The highest BCUT2D eigenvalue weighted by Gasteiger charge is 2.28. The third-order valence-corrected chi connectivity index (χ3v) is 5.38. The Bertz CT molecular complexity index is 594. The molecule has 2 N–H and O–H groups in total. The summed E-state index contributed by atoms with van der Waals surface area (Å²) in [6.07, 6.45) is 3.17. The molecule has 0 heterocycles. The zero-order valence-corrected chi connectivity index (χ0v) is 11.7. The van der Waals surface area contributed by atoms with Gasteiger partial charge in [0.05, 0.1) is 21.5 Å². The highest BCUT2D eigenvalue weighted by molar-refractivity contribution is 7.93. The van der Waals surface area contributed by atoms with Crippen LogP contribution in [0.5, 0.6) is 0 Å². The van der Waals surface area contributed by atoms with E-state index in [1.54, 1.807) is 0 Å². The number of benzene rings is 1. The van der Waals surface area contributed by atoms with Crippen molar-refractivity contribution in [1.29, 1.82) is 0 Å². The Balaban J connectivity index is 2.19. The van der Waals surface area contributed by atoms with Crippen LogP contribution in [0.3, 0.4) is 0 Å². The van der Waals surface area contributed by atoms with Crippen LogP contribution < -0.4 is 4.72 Å². The summed E-state index contributed by atoms with van der Waals surface area (Å²) in [7, 11) is -3.42. The lowest BCUT2D eigenvalue weighted by Gasteiger charge is -2.13. The molecule has 0 aromatic heterocycles. The van der Waals surface area contributed by atoms with Gasteiger partial charge in [0.2, 0.25) is 10.0 Å². The molecule has 1 aromatic rings. The minimum atomic E-state index is -3.42. The zero-order valence-electron chi connectivity index (χ0n) is 10.1. The molecule has 19 heavy (non-hydrogen) atoms. The van der Waals surface area contributed by atoms with Gasteiger partial charge >= 0.3 is 5.97 Å². The van der Waals surface area contributed by atoms with Gasteiger partial charge in [0.15, 0.2) is 0 Å². The molecule has 0 aliphatic heterocycles. The lowest BCUT2D eigenvalue weighted by Crippen LogP contribution is -2.25. The van der Waals surface area contributed by atoms with Crippen molar-refractivity contribution in [2.45, 2.75) is 30.9 Å². The van der Waals surface area contributed by atoms with Gasteiger partial charge in [0.25, 0.3) is 0 Å². The average molecular weight is 304 g/mol. The minimum absolute atomic E-state index is 0.0131. The molecule has 104 valence electrons. The van der Waals surface area contributed by atoms with Crippen LogP contribution in [0, 0.1) is 0 Å². The summed E-state index contributed by atoms with van der Waals surface area (Å²) in [5.74, 6) is -1.14. The summed E-state index contributed by atoms with van der Waals surface area (Å²) >= 11 is 5.80. The number of anilines is 1. The van der Waals surface area contributed by atoms with E-state index < -0.39 is 16.0 Å². The van der Waals surface area contributed by atoms with Crippen molar-refractivity contribution in [2.75, 3.05) is 4.72 Å². The lowest BCUT2D eigenvalue weighted by molar-refractivity contribution is 0.0697. The van der Waals surface area contributed by atoms with Gasteiger partial charge in [-0.15, -0.1) is 0 Å². The van der Waals surface area contributed by atoms with Gasteiger partial charge in [-0.2, -0.15) is 0 Å². The quantitative estimate of drug-likeness (QED) is 0.896. The van der Waals surface area contributed by atoms with Crippen LogP contribution in [0.2, 0.25) is 5.02 Å². The Morgan fingerprint density at radius 2 is 1.95 bits per heavy atom. The molecule has 1 saturated carbocycles. The standard InChI is InChI=1S/C12H14ClNO4S/c13-11-7-8(5-6-10(11)12(15)16)14-19(17,18)9-3-1-2-4-9/h5-7,9,14H,1-4H2,(H,15,16). The smallest absolute Gasteiger partial charge is 0.337 e. The van der Waals surface area contributed by atoms with Gasteiger partial charge in [-0.25, -0.2) is 13.2 Å². The van der Waals surface area contributed by atoms with Crippen LogP contribution in [-0.4, -0.2) is 24.7 Å². The molecular formula is C12H14ClNO4S. The Morgan fingerprint density at radius 1 is 1.32 bits per heavy atom. The first-order chi connectivity index (χ1) is 8.90. The molecule has 0 atom stereocenters. The average Bonchev–Trinajstić information content (AvgIpc) is 2.81. The summed E-state index contributed by atoms with van der Waals surface area (Å²) in [5.41, 5.74) is 0.243. The minimum Gasteiger partial charge on any atom is -0.478 e. The fraction of sp³-hybridized carbons (Fsp3) is 0.417. The predicted octanol–water partition coefficient (Wildman–Crippen LogP) is 2.72. The Morgan fingerprint density at radius 3 is 2.47 bits per heavy atom. The van der Waals surface area contributed by atoms with Crippen molar-refractivity contribution in [3.05, 3.63) is 28.8 Å². The van der Waals surface area contributed by atoms with E-state index in [-0.39, 0.29) is 15.8 Å². The number of halogens is 1. The van der Waals surface area contributed by atoms with Crippen molar-refractivity contribution in [2.24, 2.45) is 0 Å². The second-order valence-electron chi connectivity index (χ2n) is 4.55. The molecule has 1 fully saturated rings. The van der Waals surface area contributed by atoms with Crippen LogP contribution >= 0.6 is 11.6 Å². The van der Waals surface area contributed by atoms with Crippen LogP contribution in [0.1, 0.15) is 36.0 Å². The summed E-state index contributed by atoms with van der Waals surface area (Å²) in [6.45, 7) is 0. The van der Waals surface area contributed by atoms with Gasteiger partial charge in [0.1, 0.15) is 0 Å². The summed E-state index contributed by atoms with van der Waals surface area (Å²) in [6, 6.07) is 4.01. The number of rotatable bonds is 4. The predicted molar refractivity (Wildman–Crippen MR) is 73.2 cm³/mol. The second kappa shape index (κ2) is 5.38. The van der Waals surface area contributed by atoms with Crippen molar-refractivity contribution in [1.82, 2.24) is 0 Å².